The van der Waals surface area contributed by atoms with Gasteiger partial charge in [0.2, 0.25) is 0 Å². The van der Waals surface area contributed by atoms with Gasteiger partial charge in [0.15, 0.2) is 0 Å². The van der Waals surface area contributed by atoms with Gasteiger partial charge in [-0.1, -0.05) is 0 Å². The van der Waals surface area contributed by atoms with Crippen LogP contribution in [0.5, 0.6) is 0 Å². The van der Waals surface area contributed by atoms with Crippen molar-refractivity contribution < 1.29 is 28.6 Å². The van der Waals surface area contributed by atoms with Crippen LogP contribution < -0.4 is 5.32 Å². The van der Waals surface area contributed by atoms with E-state index in [0.717, 1.165) is 38.8 Å². The molecule has 0 spiro atoms. The van der Waals surface area contributed by atoms with Crippen LogP contribution in [0.4, 0.5) is 4.79 Å². The van der Waals surface area contributed by atoms with E-state index in [9.17, 15) is 14.4 Å². The maximum atomic E-state index is 11.9. The highest BCUT2D eigenvalue weighted by Crippen LogP contribution is 2.20. The predicted octanol–water partition coefficient (Wildman–Crippen LogP) is 2.75. The first-order chi connectivity index (χ1) is 13.7. The average Bonchev–Trinajstić information content (AvgIpc) is 2.68. The molecule has 0 aliphatic carbocycles. The number of hydrogen-bond donors (Lipinski definition) is 1. The molecular weight excluding hydrogens is 376 g/mol. The van der Waals surface area contributed by atoms with E-state index >= 15 is 0 Å². The molecule has 0 radical (unpaired) electrons. The number of likely N-dealkylation sites (tertiary alicyclic amines) is 1. The fourth-order valence-electron chi connectivity index (χ4n) is 3.24. The van der Waals surface area contributed by atoms with E-state index in [1.807, 2.05) is 27.7 Å². The molecule has 2 rings (SSSR count). The molecule has 1 amide bonds. The first-order valence-electron chi connectivity index (χ1n) is 10.7. The molecule has 1 N–H and O–H groups in total. The summed E-state index contributed by atoms with van der Waals surface area (Å²) < 4.78 is 15.2. The third kappa shape index (κ3) is 9.96. The second kappa shape index (κ2) is 12.7. The zero-order valence-electron chi connectivity index (χ0n) is 18.6. The number of carbonyl (C=O) groups excluding carboxylic acids is 3. The number of piperidine rings is 2. The summed E-state index contributed by atoms with van der Waals surface area (Å²) >= 11 is 0. The average molecular weight is 415 g/mol. The van der Waals surface area contributed by atoms with Gasteiger partial charge >= 0.3 is 18.0 Å². The van der Waals surface area contributed by atoms with Crippen molar-refractivity contribution in [3.05, 3.63) is 0 Å². The highest BCUT2D eigenvalue weighted by molar-refractivity contribution is 5.75. The lowest BCUT2D eigenvalue weighted by atomic mass is 9.98. The molecule has 29 heavy (non-hydrogen) atoms. The summed E-state index contributed by atoms with van der Waals surface area (Å²) in [6, 6.07) is 0. The fraction of sp³-hybridized carbons (Fsp3) is 0.857. The van der Waals surface area contributed by atoms with Crippen molar-refractivity contribution in [1.82, 2.24) is 10.2 Å². The molecule has 2 saturated heterocycles. The Morgan fingerprint density at radius 1 is 0.966 bits per heavy atom. The van der Waals surface area contributed by atoms with Crippen molar-refractivity contribution in [3.8, 4) is 0 Å². The summed E-state index contributed by atoms with van der Waals surface area (Å²) in [6.07, 6.45) is 3.30. The van der Waals surface area contributed by atoms with Gasteiger partial charge in [0.25, 0.3) is 0 Å². The molecule has 0 aromatic carbocycles. The van der Waals surface area contributed by atoms with Gasteiger partial charge < -0.3 is 24.4 Å². The molecule has 2 aliphatic heterocycles. The second-order valence-electron chi connectivity index (χ2n) is 8.31. The van der Waals surface area contributed by atoms with Gasteiger partial charge in [0, 0.05) is 19.6 Å². The van der Waals surface area contributed by atoms with Crippen molar-refractivity contribution in [2.45, 2.75) is 65.9 Å². The van der Waals surface area contributed by atoms with E-state index < -0.39 is 5.60 Å². The van der Waals surface area contributed by atoms with Crippen LogP contribution in [0.15, 0.2) is 0 Å². The molecule has 2 fully saturated rings. The summed E-state index contributed by atoms with van der Waals surface area (Å²) in [5, 5.41) is 3.17. The van der Waals surface area contributed by atoms with Crippen molar-refractivity contribution >= 4 is 18.0 Å². The minimum atomic E-state index is -0.506. The molecule has 0 aromatic heterocycles. The molecule has 0 unspecified atom stereocenters. The molecular formula is C21H38N2O6. The third-order valence-electron chi connectivity index (χ3n) is 4.61. The summed E-state index contributed by atoms with van der Waals surface area (Å²) in [5.74, 6) is -0.375. The topological polar surface area (TPSA) is 94.2 Å². The summed E-state index contributed by atoms with van der Waals surface area (Å²) in [5.41, 5.74) is -0.506. The lowest BCUT2D eigenvalue weighted by molar-refractivity contribution is -0.150. The Morgan fingerprint density at radius 2 is 1.55 bits per heavy atom. The van der Waals surface area contributed by atoms with Crippen molar-refractivity contribution in [2.75, 3.05) is 39.4 Å². The number of nitrogens with one attached hydrogen (secondary N) is 1. The van der Waals surface area contributed by atoms with Gasteiger partial charge in [-0.3, -0.25) is 9.59 Å². The van der Waals surface area contributed by atoms with E-state index in [-0.39, 0.29) is 29.9 Å². The minimum absolute atomic E-state index is 0.0419. The van der Waals surface area contributed by atoms with Crippen LogP contribution in [0, 0.1) is 11.8 Å². The SMILES string of the molecule is CCOC(=O)[C@@H]1CCCN(C(=O)OC(C)(C)C)C1.CCOC(=O)[C@@H]1CCCNC1. The van der Waals surface area contributed by atoms with E-state index in [1.165, 1.54) is 0 Å². The van der Waals surface area contributed by atoms with E-state index in [0.29, 0.717) is 26.3 Å². The number of carbonyl (C=O) groups is 3. The van der Waals surface area contributed by atoms with Gasteiger partial charge in [0.05, 0.1) is 25.0 Å². The van der Waals surface area contributed by atoms with Crippen molar-refractivity contribution in [2.24, 2.45) is 11.8 Å². The first kappa shape index (κ1) is 25.2. The summed E-state index contributed by atoms with van der Waals surface area (Å²) in [4.78, 5) is 36.3. The summed E-state index contributed by atoms with van der Waals surface area (Å²) in [6.45, 7) is 12.9. The Balaban J connectivity index is 0.000000326. The zero-order chi connectivity index (χ0) is 21.9. The van der Waals surface area contributed by atoms with Gasteiger partial charge in [-0.25, -0.2) is 4.79 Å². The Bertz CT molecular complexity index is 526. The van der Waals surface area contributed by atoms with Gasteiger partial charge in [-0.05, 0) is 66.8 Å². The van der Waals surface area contributed by atoms with Gasteiger partial charge in [-0.2, -0.15) is 0 Å². The molecule has 168 valence electrons. The maximum Gasteiger partial charge on any atom is 0.410 e. The van der Waals surface area contributed by atoms with Crippen LogP contribution in [0.1, 0.15) is 60.3 Å². The Morgan fingerprint density at radius 3 is 2.07 bits per heavy atom. The van der Waals surface area contributed by atoms with Crippen LogP contribution in [0.3, 0.4) is 0 Å². The highest BCUT2D eigenvalue weighted by Gasteiger charge is 2.31. The lowest BCUT2D eigenvalue weighted by Gasteiger charge is -2.33. The number of esters is 2. The Hall–Kier alpha value is -1.83. The number of ether oxygens (including phenoxy) is 3. The van der Waals surface area contributed by atoms with Crippen LogP contribution in [-0.2, 0) is 23.8 Å². The highest BCUT2D eigenvalue weighted by atomic mass is 16.6. The minimum Gasteiger partial charge on any atom is -0.466 e. The Kier molecular flexibility index (Phi) is 11.0. The quantitative estimate of drug-likeness (QED) is 0.558. The number of amides is 1. The zero-order valence-corrected chi connectivity index (χ0v) is 18.6. The van der Waals surface area contributed by atoms with Crippen molar-refractivity contribution in [1.29, 1.82) is 0 Å². The van der Waals surface area contributed by atoms with Gasteiger partial charge in [-0.15, -0.1) is 0 Å². The first-order valence-corrected chi connectivity index (χ1v) is 10.7. The van der Waals surface area contributed by atoms with Crippen LogP contribution in [0.25, 0.3) is 0 Å². The van der Waals surface area contributed by atoms with Crippen LogP contribution in [-0.4, -0.2) is 67.9 Å². The van der Waals surface area contributed by atoms with Gasteiger partial charge in [0.1, 0.15) is 5.60 Å². The van der Waals surface area contributed by atoms with E-state index in [4.69, 9.17) is 14.2 Å². The predicted molar refractivity (Wildman–Crippen MR) is 109 cm³/mol. The molecule has 2 atom stereocenters. The standard InChI is InChI=1S/C13H23NO4.C8H15NO2/c1-5-17-11(15)10-7-6-8-14(9-10)12(16)18-13(2,3)4;1-2-11-8(10)7-4-3-5-9-6-7/h10H,5-9H2,1-4H3;7,9H,2-6H2,1H3/t10-;7-/m11/s1. The maximum absolute atomic E-state index is 11.9. The third-order valence-corrected chi connectivity index (χ3v) is 4.61. The van der Waals surface area contributed by atoms with Crippen LogP contribution in [0.2, 0.25) is 0 Å². The second-order valence-corrected chi connectivity index (χ2v) is 8.31. The largest absolute Gasteiger partial charge is 0.466 e. The van der Waals surface area contributed by atoms with E-state index in [2.05, 4.69) is 5.32 Å². The molecule has 0 saturated carbocycles. The molecule has 8 heteroatoms. The Labute approximate surface area is 174 Å². The lowest BCUT2D eigenvalue weighted by Crippen LogP contribution is -2.45. The molecule has 0 bridgehead atoms. The number of rotatable bonds is 4. The summed E-state index contributed by atoms with van der Waals surface area (Å²) in [7, 11) is 0. The normalized spacial score (nSPS) is 22.0. The smallest absolute Gasteiger partial charge is 0.410 e. The van der Waals surface area contributed by atoms with Crippen LogP contribution >= 0.6 is 0 Å². The molecule has 2 heterocycles. The molecule has 8 nitrogen and oxygen atoms in total. The monoisotopic (exact) mass is 414 g/mol. The van der Waals surface area contributed by atoms with Crippen molar-refractivity contribution in [3.63, 3.8) is 0 Å². The van der Waals surface area contributed by atoms with E-state index in [1.54, 1.807) is 11.8 Å². The fourth-order valence-corrected chi connectivity index (χ4v) is 3.24. The molecule has 0 aromatic rings. The number of hydrogen-bond acceptors (Lipinski definition) is 7. The number of nitrogens with zero attached hydrogens (tertiary/aromatic N) is 1. The molecule has 2 aliphatic rings.